The largest absolute Gasteiger partial charge is 0.479 e. The van der Waals surface area contributed by atoms with E-state index in [0.29, 0.717) is 0 Å². The molecule has 92 valence electrons. The number of carbonyl (C=O) groups excluding carboxylic acids is 1. The van der Waals surface area contributed by atoms with Crippen LogP contribution in [0.15, 0.2) is 18.2 Å². The lowest BCUT2D eigenvalue weighted by Crippen LogP contribution is -2.34. The smallest absolute Gasteiger partial charge is 0.265 e. The number of rotatable bonds is 4. The van der Waals surface area contributed by atoms with Crippen molar-refractivity contribution in [3.05, 3.63) is 18.2 Å². The van der Waals surface area contributed by atoms with Crippen molar-refractivity contribution in [2.75, 3.05) is 22.9 Å². The van der Waals surface area contributed by atoms with E-state index in [0.717, 1.165) is 35.8 Å². The molecule has 1 heterocycles. The van der Waals surface area contributed by atoms with Gasteiger partial charge in [-0.15, -0.1) is 0 Å². The van der Waals surface area contributed by atoms with E-state index in [4.69, 9.17) is 4.74 Å². The first-order chi connectivity index (χ1) is 8.20. The summed E-state index contributed by atoms with van der Waals surface area (Å²) in [6, 6.07) is 5.70. The third-order valence-corrected chi connectivity index (χ3v) is 2.89. The Morgan fingerprint density at radius 1 is 1.53 bits per heavy atom. The van der Waals surface area contributed by atoms with Crippen molar-refractivity contribution < 1.29 is 9.53 Å². The molecule has 0 aliphatic carbocycles. The Hall–Kier alpha value is -1.36. The lowest BCUT2D eigenvalue weighted by atomic mass is 10.2. The van der Waals surface area contributed by atoms with Gasteiger partial charge in [-0.1, -0.05) is 0 Å². The molecule has 0 saturated heterocycles. The van der Waals surface area contributed by atoms with Gasteiger partial charge >= 0.3 is 0 Å². The van der Waals surface area contributed by atoms with Crippen molar-refractivity contribution in [2.24, 2.45) is 0 Å². The Balaban J connectivity index is 2.09. The standard InChI is InChI=1S/C12H16N2O2S/c1-8-12(15)14-10-7-9(13-5-2-6-17)3-4-11(10)16-8/h3-4,7-8,13,17H,2,5-6H2,1H3,(H,14,15). The molecular formula is C12H16N2O2S. The van der Waals surface area contributed by atoms with Crippen LogP contribution in [0.25, 0.3) is 0 Å². The van der Waals surface area contributed by atoms with Gasteiger partial charge in [0.1, 0.15) is 5.75 Å². The lowest BCUT2D eigenvalue weighted by Gasteiger charge is -2.23. The summed E-state index contributed by atoms with van der Waals surface area (Å²) in [4.78, 5) is 11.5. The number of anilines is 2. The molecule has 1 aromatic rings. The minimum absolute atomic E-state index is 0.106. The van der Waals surface area contributed by atoms with Crippen LogP contribution in [0, 0.1) is 0 Å². The normalized spacial score (nSPS) is 18.0. The minimum Gasteiger partial charge on any atom is -0.479 e. The number of ether oxygens (including phenoxy) is 1. The Bertz CT molecular complexity index is 423. The average Bonchev–Trinajstić information content (AvgIpc) is 2.31. The lowest BCUT2D eigenvalue weighted by molar-refractivity contribution is -0.122. The predicted octanol–water partition coefficient (Wildman–Crippen LogP) is 2.14. The molecule has 1 aromatic carbocycles. The molecule has 2 rings (SSSR count). The highest BCUT2D eigenvalue weighted by Gasteiger charge is 2.23. The van der Waals surface area contributed by atoms with Gasteiger partial charge < -0.3 is 15.4 Å². The van der Waals surface area contributed by atoms with Crippen molar-refractivity contribution in [1.82, 2.24) is 0 Å². The zero-order valence-electron chi connectivity index (χ0n) is 9.69. The third-order valence-electron chi connectivity index (χ3n) is 2.57. The number of hydrogen-bond acceptors (Lipinski definition) is 4. The molecular weight excluding hydrogens is 236 g/mol. The number of benzene rings is 1. The van der Waals surface area contributed by atoms with Crippen molar-refractivity contribution in [1.29, 1.82) is 0 Å². The highest BCUT2D eigenvalue weighted by molar-refractivity contribution is 7.80. The highest BCUT2D eigenvalue weighted by atomic mass is 32.1. The number of fused-ring (bicyclic) bond motifs is 1. The van der Waals surface area contributed by atoms with E-state index in [1.807, 2.05) is 18.2 Å². The molecule has 5 heteroatoms. The summed E-state index contributed by atoms with van der Waals surface area (Å²) in [6.45, 7) is 2.60. The molecule has 17 heavy (non-hydrogen) atoms. The minimum atomic E-state index is -0.425. The monoisotopic (exact) mass is 252 g/mol. The molecule has 1 aliphatic heterocycles. The first-order valence-electron chi connectivity index (χ1n) is 5.67. The Morgan fingerprint density at radius 2 is 2.35 bits per heavy atom. The molecule has 0 radical (unpaired) electrons. The molecule has 0 fully saturated rings. The number of amides is 1. The van der Waals surface area contributed by atoms with Gasteiger partial charge in [-0.3, -0.25) is 4.79 Å². The van der Waals surface area contributed by atoms with Gasteiger partial charge in [0.05, 0.1) is 5.69 Å². The molecule has 0 aromatic heterocycles. The van der Waals surface area contributed by atoms with Gasteiger partial charge in [0.2, 0.25) is 0 Å². The second-order valence-corrected chi connectivity index (χ2v) is 4.41. The molecule has 2 N–H and O–H groups in total. The fourth-order valence-electron chi connectivity index (χ4n) is 1.63. The average molecular weight is 252 g/mol. The molecule has 4 nitrogen and oxygen atoms in total. The maximum Gasteiger partial charge on any atom is 0.265 e. The maximum atomic E-state index is 11.5. The van der Waals surface area contributed by atoms with Crippen LogP contribution in [0.4, 0.5) is 11.4 Å². The zero-order chi connectivity index (χ0) is 12.3. The third kappa shape index (κ3) is 2.85. The van der Waals surface area contributed by atoms with Gasteiger partial charge in [-0.25, -0.2) is 0 Å². The predicted molar refractivity (Wildman–Crippen MR) is 72.1 cm³/mol. The quantitative estimate of drug-likeness (QED) is 0.568. The van der Waals surface area contributed by atoms with E-state index in [-0.39, 0.29) is 5.91 Å². The first kappa shape index (κ1) is 12.1. The van der Waals surface area contributed by atoms with Crippen LogP contribution in [0.3, 0.4) is 0 Å². The summed E-state index contributed by atoms with van der Waals surface area (Å²) in [7, 11) is 0. The summed E-state index contributed by atoms with van der Waals surface area (Å²) in [5.74, 6) is 1.47. The van der Waals surface area contributed by atoms with E-state index < -0.39 is 6.10 Å². The fraction of sp³-hybridized carbons (Fsp3) is 0.417. The second kappa shape index (κ2) is 5.31. The SMILES string of the molecule is CC1Oc2ccc(NCCCS)cc2NC1=O. The number of thiol groups is 1. The number of carbonyl (C=O) groups is 1. The van der Waals surface area contributed by atoms with Gasteiger partial charge in [0, 0.05) is 12.2 Å². The maximum absolute atomic E-state index is 11.5. The fourth-order valence-corrected chi connectivity index (χ4v) is 1.79. The Kier molecular flexibility index (Phi) is 3.78. The molecule has 1 aliphatic rings. The van der Waals surface area contributed by atoms with Gasteiger partial charge in [-0.2, -0.15) is 12.6 Å². The highest BCUT2D eigenvalue weighted by Crippen LogP contribution is 2.31. The van der Waals surface area contributed by atoms with Gasteiger partial charge in [-0.05, 0) is 37.3 Å². The molecule has 0 saturated carbocycles. The van der Waals surface area contributed by atoms with Crippen LogP contribution in [-0.4, -0.2) is 24.3 Å². The summed E-state index contributed by atoms with van der Waals surface area (Å²) < 4.78 is 5.47. The van der Waals surface area contributed by atoms with Crippen LogP contribution >= 0.6 is 12.6 Å². The van der Waals surface area contributed by atoms with Crippen LogP contribution in [0.5, 0.6) is 5.75 Å². The van der Waals surface area contributed by atoms with E-state index in [9.17, 15) is 4.79 Å². The van der Waals surface area contributed by atoms with Crippen molar-refractivity contribution in [2.45, 2.75) is 19.4 Å². The number of nitrogens with one attached hydrogen (secondary N) is 2. The molecule has 1 unspecified atom stereocenters. The number of hydrogen-bond donors (Lipinski definition) is 3. The molecule has 1 amide bonds. The Labute approximate surface area is 106 Å². The van der Waals surface area contributed by atoms with Crippen LogP contribution < -0.4 is 15.4 Å². The summed E-state index contributed by atoms with van der Waals surface area (Å²) in [5.41, 5.74) is 1.70. The topological polar surface area (TPSA) is 50.4 Å². The summed E-state index contributed by atoms with van der Waals surface area (Å²) >= 11 is 4.15. The van der Waals surface area contributed by atoms with Gasteiger partial charge in [0.15, 0.2) is 6.10 Å². The van der Waals surface area contributed by atoms with Crippen molar-refractivity contribution >= 4 is 29.9 Å². The molecule has 0 spiro atoms. The van der Waals surface area contributed by atoms with Crippen LogP contribution in [0.1, 0.15) is 13.3 Å². The van der Waals surface area contributed by atoms with Crippen molar-refractivity contribution in [3.63, 3.8) is 0 Å². The second-order valence-electron chi connectivity index (χ2n) is 3.96. The summed E-state index contributed by atoms with van der Waals surface area (Å²) in [5, 5.41) is 6.09. The van der Waals surface area contributed by atoms with E-state index in [2.05, 4.69) is 23.3 Å². The van der Waals surface area contributed by atoms with Crippen molar-refractivity contribution in [3.8, 4) is 5.75 Å². The van der Waals surface area contributed by atoms with E-state index in [1.165, 1.54) is 0 Å². The van der Waals surface area contributed by atoms with Crippen LogP contribution in [-0.2, 0) is 4.79 Å². The van der Waals surface area contributed by atoms with Gasteiger partial charge in [0.25, 0.3) is 5.91 Å². The van der Waals surface area contributed by atoms with Crippen LogP contribution in [0.2, 0.25) is 0 Å². The van der Waals surface area contributed by atoms with E-state index >= 15 is 0 Å². The first-order valence-corrected chi connectivity index (χ1v) is 6.30. The zero-order valence-corrected chi connectivity index (χ0v) is 10.6. The molecule has 1 atom stereocenters. The summed E-state index contributed by atoms with van der Waals surface area (Å²) in [6.07, 6.45) is 0.575. The molecule has 0 bridgehead atoms. The van der Waals surface area contributed by atoms with E-state index in [1.54, 1.807) is 6.92 Å². The Morgan fingerprint density at radius 3 is 3.12 bits per heavy atom.